The normalized spacial score (nSPS) is 25.1. The van der Waals surface area contributed by atoms with Crippen LogP contribution >= 0.6 is 0 Å². The van der Waals surface area contributed by atoms with Crippen LogP contribution in [0.5, 0.6) is 0 Å². The number of nitro groups is 1. The first-order chi connectivity index (χ1) is 8.99. The minimum Gasteiger partial charge on any atom is -0.388 e. The molecule has 102 valence electrons. The zero-order valence-corrected chi connectivity index (χ0v) is 10.8. The third-order valence-electron chi connectivity index (χ3n) is 3.78. The highest BCUT2D eigenvalue weighted by atomic mass is 16.6. The second-order valence-corrected chi connectivity index (χ2v) is 5.25. The number of aliphatic hydroxyl groups is 1. The summed E-state index contributed by atoms with van der Waals surface area (Å²) in [6, 6.07) is 5.76. The standard InChI is InChI=1S/C14H17NO4/c1-9-2-7-13(16)12(8-9)14(17)10-3-5-11(6-4-10)15(18)19/h3-6,9,12,14,17H,2,7-8H2,1H3/t9?,12-,14-/m0/s1. The van der Waals surface area contributed by atoms with Crippen LogP contribution in [-0.2, 0) is 4.79 Å². The highest BCUT2D eigenvalue weighted by Gasteiger charge is 2.32. The SMILES string of the molecule is CC1CCC(=O)[C@@H]([C@@H](O)c2ccc([N+](=O)[O-])cc2)C1. The van der Waals surface area contributed by atoms with Gasteiger partial charge in [-0.1, -0.05) is 6.92 Å². The number of carbonyl (C=O) groups excluding carboxylic acids is 1. The fourth-order valence-corrected chi connectivity index (χ4v) is 2.59. The maximum absolute atomic E-state index is 11.9. The molecule has 1 N–H and O–H groups in total. The summed E-state index contributed by atoms with van der Waals surface area (Å²) in [4.78, 5) is 21.9. The molecule has 19 heavy (non-hydrogen) atoms. The van der Waals surface area contributed by atoms with Crippen LogP contribution in [0.2, 0.25) is 0 Å². The van der Waals surface area contributed by atoms with Gasteiger partial charge in [-0.3, -0.25) is 14.9 Å². The van der Waals surface area contributed by atoms with Gasteiger partial charge in [-0.2, -0.15) is 0 Å². The average Bonchev–Trinajstić information content (AvgIpc) is 2.41. The van der Waals surface area contributed by atoms with Crippen molar-refractivity contribution in [1.82, 2.24) is 0 Å². The second-order valence-electron chi connectivity index (χ2n) is 5.25. The molecule has 0 aromatic heterocycles. The minimum atomic E-state index is -0.865. The number of hydrogen-bond donors (Lipinski definition) is 1. The van der Waals surface area contributed by atoms with E-state index < -0.39 is 11.0 Å². The topological polar surface area (TPSA) is 80.4 Å². The number of rotatable bonds is 3. The van der Waals surface area contributed by atoms with Gasteiger partial charge in [0.2, 0.25) is 0 Å². The molecule has 0 aliphatic heterocycles. The van der Waals surface area contributed by atoms with E-state index in [0.717, 1.165) is 6.42 Å². The molecule has 3 atom stereocenters. The van der Waals surface area contributed by atoms with Crippen LogP contribution in [0.15, 0.2) is 24.3 Å². The lowest BCUT2D eigenvalue weighted by atomic mass is 9.77. The number of aliphatic hydroxyl groups excluding tert-OH is 1. The van der Waals surface area contributed by atoms with Gasteiger partial charge < -0.3 is 5.11 Å². The fourth-order valence-electron chi connectivity index (χ4n) is 2.59. The van der Waals surface area contributed by atoms with Crippen molar-refractivity contribution in [1.29, 1.82) is 0 Å². The van der Waals surface area contributed by atoms with Crippen molar-refractivity contribution < 1.29 is 14.8 Å². The highest BCUT2D eigenvalue weighted by Crippen LogP contribution is 2.35. The van der Waals surface area contributed by atoms with E-state index in [1.54, 1.807) is 0 Å². The summed E-state index contributed by atoms with van der Waals surface area (Å²) in [5, 5.41) is 20.8. The molecule has 1 unspecified atom stereocenters. The molecular formula is C14H17NO4. The molecule has 0 spiro atoms. The molecule has 2 rings (SSSR count). The molecule has 0 heterocycles. The molecule has 1 fully saturated rings. The van der Waals surface area contributed by atoms with Crippen molar-refractivity contribution in [2.24, 2.45) is 11.8 Å². The average molecular weight is 263 g/mol. The van der Waals surface area contributed by atoms with Gasteiger partial charge in [0, 0.05) is 24.5 Å². The summed E-state index contributed by atoms with van der Waals surface area (Å²) in [6.07, 6.45) is 1.20. The van der Waals surface area contributed by atoms with E-state index >= 15 is 0 Å². The Morgan fingerprint density at radius 1 is 1.37 bits per heavy atom. The van der Waals surface area contributed by atoms with Crippen molar-refractivity contribution >= 4 is 11.5 Å². The fraction of sp³-hybridized carbons (Fsp3) is 0.500. The predicted octanol–water partition coefficient (Wildman–Crippen LogP) is 2.63. The number of Topliss-reactive ketones (excluding diaryl/α,β-unsaturated/α-hetero) is 1. The van der Waals surface area contributed by atoms with Crippen molar-refractivity contribution in [3.63, 3.8) is 0 Å². The van der Waals surface area contributed by atoms with Gasteiger partial charge in [-0.15, -0.1) is 0 Å². The molecule has 1 aliphatic carbocycles. The number of benzene rings is 1. The molecule has 0 bridgehead atoms. The second kappa shape index (κ2) is 5.48. The van der Waals surface area contributed by atoms with Gasteiger partial charge >= 0.3 is 0 Å². The maximum atomic E-state index is 11.9. The van der Waals surface area contributed by atoms with Crippen LogP contribution in [0.1, 0.15) is 37.9 Å². The van der Waals surface area contributed by atoms with E-state index in [0.29, 0.717) is 24.3 Å². The Morgan fingerprint density at radius 2 is 2.00 bits per heavy atom. The number of non-ortho nitro benzene ring substituents is 1. The first-order valence-electron chi connectivity index (χ1n) is 6.44. The smallest absolute Gasteiger partial charge is 0.269 e. The number of hydrogen-bond acceptors (Lipinski definition) is 4. The van der Waals surface area contributed by atoms with Gasteiger partial charge in [-0.05, 0) is 36.5 Å². The summed E-state index contributed by atoms with van der Waals surface area (Å²) in [5.74, 6) is 0.129. The lowest BCUT2D eigenvalue weighted by Gasteiger charge is -2.29. The summed E-state index contributed by atoms with van der Waals surface area (Å²) in [5.41, 5.74) is 0.553. The molecular weight excluding hydrogens is 246 g/mol. The monoisotopic (exact) mass is 263 g/mol. The Kier molecular flexibility index (Phi) is 3.95. The van der Waals surface area contributed by atoms with Gasteiger partial charge in [0.25, 0.3) is 5.69 Å². The Labute approximate surface area is 111 Å². The zero-order chi connectivity index (χ0) is 14.0. The zero-order valence-electron chi connectivity index (χ0n) is 10.8. The first kappa shape index (κ1) is 13.7. The van der Waals surface area contributed by atoms with E-state index in [2.05, 4.69) is 6.92 Å². The summed E-state index contributed by atoms with van der Waals surface area (Å²) >= 11 is 0. The van der Waals surface area contributed by atoms with Gasteiger partial charge in [0.05, 0.1) is 11.0 Å². The van der Waals surface area contributed by atoms with Crippen LogP contribution < -0.4 is 0 Å². The predicted molar refractivity (Wildman–Crippen MR) is 69.6 cm³/mol. The van der Waals surface area contributed by atoms with Crippen molar-refractivity contribution in [2.75, 3.05) is 0 Å². The summed E-state index contributed by atoms with van der Waals surface area (Å²) in [7, 11) is 0. The van der Waals surface area contributed by atoms with E-state index in [1.165, 1.54) is 24.3 Å². The largest absolute Gasteiger partial charge is 0.388 e. The Bertz CT molecular complexity index is 483. The lowest BCUT2D eigenvalue weighted by molar-refractivity contribution is -0.384. The van der Waals surface area contributed by atoms with Crippen LogP contribution in [0.25, 0.3) is 0 Å². The molecule has 1 aromatic carbocycles. The van der Waals surface area contributed by atoms with Crippen molar-refractivity contribution in [3.05, 3.63) is 39.9 Å². The Balaban J connectivity index is 2.16. The molecule has 0 amide bonds. The quantitative estimate of drug-likeness (QED) is 0.671. The molecule has 5 nitrogen and oxygen atoms in total. The molecule has 1 aliphatic rings. The third-order valence-corrected chi connectivity index (χ3v) is 3.78. The Morgan fingerprint density at radius 3 is 2.58 bits per heavy atom. The number of carbonyl (C=O) groups is 1. The van der Waals surface area contributed by atoms with Gasteiger partial charge in [0.1, 0.15) is 5.78 Å². The number of nitrogens with zero attached hydrogens (tertiary/aromatic N) is 1. The van der Waals surface area contributed by atoms with Crippen LogP contribution in [0.4, 0.5) is 5.69 Å². The van der Waals surface area contributed by atoms with Crippen molar-refractivity contribution in [2.45, 2.75) is 32.3 Å². The third kappa shape index (κ3) is 2.98. The molecule has 5 heteroatoms. The maximum Gasteiger partial charge on any atom is 0.269 e. The minimum absolute atomic E-state index is 0.0145. The van der Waals surface area contributed by atoms with E-state index in [4.69, 9.17) is 0 Å². The molecule has 1 saturated carbocycles. The highest BCUT2D eigenvalue weighted by molar-refractivity contribution is 5.82. The van der Waals surface area contributed by atoms with Gasteiger partial charge in [-0.25, -0.2) is 0 Å². The molecule has 0 saturated heterocycles. The molecule has 1 aromatic rings. The lowest BCUT2D eigenvalue weighted by Crippen LogP contribution is -2.29. The van der Waals surface area contributed by atoms with Crippen LogP contribution in [-0.4, -0.2) is 15.8 Å². The first-order valence-corrected chi connectivity index (χ1v) is 6.44. The summed E-state index contributed by atoms with van der Waals surface area (Å²) in [6.45, 7) is 2.07. The van der Waals surface area contributed by atoms with E-state index in [9.17, 15) is 20.0 Å². The van der Waals surface area contributed by atoms with E-state index in [1.807, 2.05) is 0 Å². The van der Waals surface area contributed by atoms with Gasteiger partial charge in [0.15, 0.2) is 0 Å². The van der Waals surface area contributed by atoms with E-state index in [-0.39, 0.29) is 17.4 Å². The Hall–Kier alpha value is -1.75. The van der Waals surface area contributed by atoms with Crippen LogP contribution in [0, 0.1) is 22.0 Å². The molecule has 0 radical (unpaired) electrons. The van der Waals surface area contributed by atoms with Crippen molar-refractivity contribution in [3.8, 4) is 0 Å². The van der Waals surface area contributed by atoms with Crippen LogP contribution in [0.3, 0.4) is 0 Å². The number of ketones is 1. The number of nitro benzene ring substituents is 1. The summed E-state index contributed by atoms with van der Waals surface area (Å²) < 4.78 is 0.